The predicted molar refractivity (Wildman–Crippen MR) is 22.2 cm³/mol. The normalized spacial score (nSPS) is 7.00. The van der Waals surface area contributed by atoms with E-state index in [2.05, 4.69) is 0 Å². The van der Waals surface area contributed by atoms with E-state index in [1.807, 2.05) is 13.8 Å². The molecule has 1 nitrogen and oxygen atoms in total. The van der Waals surface area contributed by atoms with Gasteiger partial charge in [-0.05, 0) is 13.8 Å². The minimum atomic E-state index is 0. The first-order valence-electron chi connectivity index (χ1n) is 1.99. The topological polar surface area (TPSA) is 9.23 Å². The molecule has 0 N–H and O–H groups in total. The third-order valence-corrected chi connectivity index (χ3v) is 0.408. The second kappa shape index (κ2) is 9.08. The molecule has 0 heterocycles. The molecular weight excluding hydrogens is 123 g/mol. The average molecular weight is 133 g/mol. The van der Waals surface area contributed by atoms with Crippen molar-refractivity contribution >= 4 is 0 Å². The maximum absolute atomic E-state index is 4.83. The number of rotatable bonds is 2. The molecule has 0 fully saturated rings. The zero-order chi connectivity index (χ0) is 4.12. The molecule has 0 aromatic heterocycles. The van der Waals surface area contributed by atoms with Gasteiger partial charge in [-0.25, -0.2) is 0 Å². The van der Waals surface area contributed by atoms with Gasteiger partial charge in [-0.3, -0.25) is 0 Å². The monoisotopic (exact) mass is 133 g/mol. The van der Waals surface area contributed by atoms with Gasteiger partial charge in [0.1, 0.15) is 0 Å². The van der Waals surface area contributed by atoms with Gasteiger partial charge in [-0.2, -0.15) is 0 Å². The van der Waals surface area contributed by atoms with E-state index in [9.17, 15) is 0 Å². The Hall–Kier alpha value is 0.466. The van der Waals surface area contributed by atoms with E-state index in [1.54, 1.807) is 0 Å². The van der Waals surface area contributed by atoms with E-state index < -0.39 is 0 Å². The van der Waals surface area contributed by atoms with Gasteiger partial charge in [0.05, 0.1) is 0 Å². The third kappa shape index (κ3) is 8.82. The largest absolute Gasteiger partial charge is 0.382 e. The fourth-order valence-corrected chi connectivity index (χ4v) is 0.204. The number of hydrogen-bond donors (Lipinski definition) is 0. The standard InChI is InChI=1S/C4H10O.Co/c1-3-5-4-2;/h3-4H2,1-2H3;. The van der Waals surface area contributed by atoms with Gasteiger partial charge in [0.2, 0.25) is 0 Å². The average Bonchev–Trinajstić information content (AvgIpc) is 1.41. The molecule has 0 saturated carbocycles. The Labute approximate surface area is 49.3 Å². The quantitative estimate of drug-likeness (QED) is 0.546. The van der Waals surface area contributed by atoms with Crippen LogP contribution < -0.4 is 0 Å². The van der Waals surface area contributed by atoms with Crippen LogP contribution in [0.3, 0.4) is 0 Å². The van der Waals surface area contributed by atoms with Crippen molar-refractivity contribution in [2.45, 2.75) is 13.8 Å². The Balaban J connectivity index is 0. The molecule has 41 valence electrons. The first-order chi connectivity index (χ1) is 2.41. The molecule has 6 heavy (non-hydrogen) atoms. The van der Waals surface area contributed by atoms with Crippen molar-refractivity contribution in [3.63, 3.8) is 0 Å². The van der Waals surface area contributed by atoms with Gasteiger partial charge in [0.15, 0.2) is 0 Å². The van der Waals surface area contributed by atoms with E-state index in [0.29, 0.717) is 0 Å². The van der Waals surface area contributed by atoms with Crippen molar-refractivity contribution in [3.05, 3.63) is 0 Å². The van der Waals surface area contributed by atoms with E-state index >= 15 is 0 Å². The van der Waals surface area contributed by atoms with Gasteiger partial charge < -0.3 is 4.74 Å². The Morgan fingerprint density at radius 1 is 1.17 bits per heavy atom. The minimum Gasteiger partial charge on any atom is -0.382 e. The fourth-order valence-electron chi connectivity index (χ4n) is 0.204. The van der Waals surface area contributed by atoms with Crippen LogP contribution in [0.2, 0.25) is 0 Å². The first kappa shape index (κ1) is 9.69. The molecule has 0 aromatic carbocycles. The van der Waals surface area contributed by atoms with Crippen LogP contribution >= 0.6 is 0 Å². The van der Waals surface area contributed by atoms with Crippen LogP contribution in [0.25, 0.3) is 0 Å². The predicted octanol–water partition coefficient (Wildman–Crippen LogP) is 1.04. The molecular formula is C4H10CoO. The molecule has 2 heteroatoms. The SMILES string of the molecule is CCOCC.[Co]. The molecule has 0 unspecified atom stereocenters. The van der Waals surface area contributed by atoms with Crippen LogP contribution in [0.1, 0.15) is 13.8 Å². The molecule has 0 aliphatic carbocycles. The number of ether oxygens (including phenoxy) is 1. The van der Waals surface area contributed by atoms with Crippen molar-refractivity contribution in [2.75, 3.05) is 13.2 Å². The van der Waals surface area contributed by atoms with Crippen LogP contribution in [0.15, 0.2) is 0 Å². The minimum absolute atomic E-state index is 0. The maximum atomic E-state index is 4.83. The van der Waals surface area contributed by atoms with Gasteiger partial charge >= 0.3 is 0 Å². The van der Waals surface area contributed by atoms with Crippen LogP contribution in [0.4, 0.5) is 0 Å². The van der Waals surface area contributed by atoms with Crippen LogP contribution in [-0.2, 0) is 21.5 Å². The van der Waals surface area contributed by atoms with E-state index in [0.717, 1.165) is 13.2 Å². The molecule has 0 aromatic rings. The number of hydrogen-bond acceptors (Lipinski definition) is 1. The molecule has 0 bridgehead atoms. The summed E-state index contributed by atoms with van der Waals surface area (Å²) in [5, 5.41) is 0. The van der Waals surface area contributed by atoms with Crippen LogP contribution in [-0.4, -0.2) is 13.2 Å². The van der Waals surface area contributed by atoms with Gasteiger partial charge in [-0.1, -0.05) is 0 Å². The molecule has 0 atom stereocenters. The Morgan fingerprint density at radius 2 is 1.50 bits per heavy atom. The smallest absolute Gasteiger partial charge is 0.0437 e. The molecule has 0 spiro atoms. The summed E-state index contributed by atoms with van der Waals surface area (Å²) < 4.78 is 4.83. The fraction of sp³-hybridized carbons (Fsp3) is 1.00. The Bertz CT molecular complexity index is 15.0. The second-order valence-corrected chi connectivity index (χ2v) is 0.781. The molecule has 0 rings (SSSR count). The second-order valence-electron chi connectivity index (χ2n) is 0.781. The Kier molecular flexibility index (Phi) is 14.7. The molecule has 1 radical (unpaired) electrons. The first-order valence-corrected chi connectivity index (χ1v) is 1.99. The molecule has 0 aliphatic heterocycles. The maximum Gasteiger partial charge on any atom is 0.0437 e. The summed E-state index contributed by atoms with van der Waals surface area (Å²) >= 11 is 0. The summed E-state index contributed by atoms with van der Waals surface area (Å²) in [7, 11) is 0. The molecule has 0 amide bonds. The van der Waals surface area contributed by atoms with E-state index in [4.69, 9.17) is 4.74 Å². The zero-order valence-electron chi connectivity index (χ0n) is 4.16. The van der Waals surface area contributed by atoms with Crippen molar-refractivity contribution in [2.24, 2.45) is 0 Å². The van der Waals surface area contributed by atoms with Crippen molar-refractivity contribution in [3.8, 4) is 0 Å². The van der Waals surface area contributed by atoms with E-state index in [-0.39, 0.29) is 16.8 Å². The zero-order valence-corrected chi connectivity index (χ0v) is 5.20. The summed E-state index contributed by atoms with van der Waals surface area (Å²) in [5.74, 6) is 0. The summed E-state index contributed by atoms with van der Waals surface area (Å²) in [5.41, 5.74) is 0. The van der Waals surface area contributed by atoms with Gasteiger partial charge in [-0.15, -0.1) is 0 Å². The summed E-state index contributed by atoms with van der Waals surface area (Å²) in [6, 6.07) is 0. The van der Waals surface area contributed by atoms with Crippen LogP contribution in [0, 0.1) is 0 Å². The van der Waals surface area contributed by atoms with Crippen molar-refractivity contribution in [1.29, 1.82) is 0 Å². The van der Waals surface area contributed by atoms with Crippen molar-refractivity contribution in [1.82, 2.24) is 0 Å². The van der Waals surface area contributed by atoms with E-state index in [1.165, 1.54) is 0 Å². The summed E-state index contributed by atoms with van der Waals surface area (Å²) in [6.07, 6.45) is 0. The molecule has 0 aliphatic rings. The Morgan fingerprint density at radius 3 is 1.50 bits per heavy atom. The van der Waals surface area contributed by atoms with Crippen molar-refractivity contribution < 1.29 is 21.5 Å². The van der Waals surface area contributed by atoms with Gasteiger partial charge in [0.25, 0.3) is 0 Å². The molecule has 0 saturated heterocycles. The van der Waals surface area contributed by atoms with Crippen LogP contribution in [0.5, 0.6) is 0 Å². The summed E-state index contributed by atoms with van der Waals surface area (Å²) in [6.45, 7) is 5.67. The third-order valence-electron chi connectivity index (χ3n) is 0.408. The summed E-state index contributed by atoms with van der Waals surface area (Å²) in [4.78, 5) is 0. The van der Waals surface area contributed by atoms with Gasteiger partial charge in [0, 0.05) is 30.0 Å².